The van der Waals surface area contributed by atoms with Crippen molar-refractivity contribution in [2.75, 3.05) is 6.54 Å². The predicted octanol–water partition coefficient (Wildman–Crippen LogP) is 3.97. The number of pyridine rings is 1. The van der Waals surface area contributed by atoms with Gasteiger partial charge >= 0.3 is 0 Å². The van der Waals surface area contributed by atoms with Crippen molar-refractivity contribution < 1.29 is 9.36 Å². The van der Waals surface area contributed by atoms with Crippen molar-refractivity contribution in [1.82, 2.24) is 0 Å². The van der Waals surface area contributed by atoms with Crippen LogP contribution in [0.15, 0.2) is 53.8 Å². The van der Waals surface area contributed by atoms with Crippen molar-refractivity contribution in [2.45, 2.75) is 32.7 Å². The summed E-state index contributed by atoms with van der Waals surface area (Å²) < 4.78 is 1.81. The van der Waals surface area contributed by atoms with Gasteiger partial charge in [0.25, 0.3) is 0 Å². The first kappa shape index (κ1) is 18.6. The van der Waals surface area contributed by atoms with Crippen molar-refractivity contribution in [3.63, 3.8) is 0 Å². The summed E-state index contributed by atoms with van der Waals surface area (Å²) >= 11 is 11.6. The fraction of sp³-hybridized carbons (Fsp3) is 0.316. The highest BCUT2D eigenvalue weighted by Gasteiger charge is 2.29. The van der Waals surface area contributed by atoms with Gasteiger partial charge in [-0.2, -0.15) is 4.57 Å². The molecular formula is C19H21ClN2OS. The van der Waals surface area contributed by atoms with Gasteiger partial charge in [0.15, 0.2) is 12.4 Å². The van der Waals surface area contributed by atoms with Crippen LogP contribution in [0.1, 0.15) is 42.2 Å². The Hall–Kier alpha value is -1.78. The minimum absolute atomic E-state index is 0.143. The summed E-state index contributed by atoms with van der Waals surface area (Å²) in [7, 11) is 0. The number of aryl methyl sites for hydroxylation is 1. The number of aromatic nitrogens is 1. The molecule has 5 heteroatoms. The summed E-state index contributed by atoms with van der Waals surface area (Å²) in [5, 5.41) is 0.797. The van der Waals surface area contributed by atoms with Crippen molar-refractivity contribution in [1.29, 1.82) is 0 Å². The third-order valence-electron chi connectivity index (χ3n) is 3.69. The van der Waals surface area contributed by atoms with Gasteiger partial charge in [0, 0.05) is 24.2 Å². The molecule has 0 spiro atoms. The molecule has 0 aliphatic rings. The van der Waals surface area contributed by atoms with E-state index in [4.69, 9.17) is 24.2 Å². The molecule has 3 nitrogen and oxygen atoms in total. The second-order valence-corrected chi connectivity index (χ2v) is 6.29. The quantitative estimate of drug-likeness (QED) is 0.246. The van der Waals surface area contributed by atoms with Gasteiger partial charge in [-0.1, -0.05) is 37.1 Å². The van der Waals surface area contributed by atoms with Crippen molar-refractivity contribution in [3.05, 3.63) is 64.9 Å². The molecule has 0 saturated carbocycles. The number of nitrogens with zero attached hydrogens (tertiary/aromatic N) is 2. The van der Waals surface area contributed by atoms with E-state index in [0.717, 1.165) is 12.8 Å². The predicted molar refractivity (Wildman–Crippen MR) is 101 cm³/mol. The summed E-state index contributed by atoms with van der Waals surface area (Å²) in [6.45, 7) is 4.58. The van der Waals surface area contributed by atoms with Gasteiger partial charge in [0.05, 0.1) is 5.02 Å². The molecule has 1 heterocycles. The lowest BCUT2D eigenvalue weighted by Crippen LogP contribution is -2.47. The lowest BCUT2D eigenvalue weighted by molar-refractivity contribution is -0.692. The van der Waals surface area contributed by atoms with E-state index in [1.54, 1.807) is 24.3 Å². The van der Waals surface area contributed by atoms with E-state index in [-0.39, 0.29) is 5.78 Å². The Morgan fingerprint density at radius 2 is 1.88 bits per heavy atom. The maximum Gasteiger partial charge on any atom is 0.237 e. The fourth-order valence-electron chi connectivity index (χ4n) is 2.52. The zero-order valence-electron chi connectivity index (χ0n) is 13.9. The maximum absolute atomic E-state index is 13.0. The Morgan fingerprint density at radius 3 is 2.46 bits per heavy atom. The van der Waals surface area contributed by atoms with Crippen molar-refractivity contribution in [3.8, 4) is 0 Å². The average Bonchev–Trinajstić information content (AvgIpc) is 2.57. The lowest BCUT2D eigenvalue weighted by atomic mass is 10.0. The van der Waals surface area contributed by atoms with Crippen LogP contribution in [0.2, 0.25) is 5.02 Å². The van der Waals surface area contributed by atoms with Crippen LogP contribution in [0, 0.1) is 0 Å². The molecule has 0 radical (unpaired) electrons. The summed E-state index contributed by atoms with van der Waals surface area (Å²) in [4.78, 5) is 17.3. The maximum atomic E-state index is 13.0. The number of hydrogen-bond donors (Lipinski definition) is 0. The second kappa shape index (κ2) is 8.90. The Labute approximate surface area is 153 Å². The molecule has 24 heavy (non-hydrogen) atoms. The molecule has 0 aliphatic heterocycles. The van der Waals surface area contributed by atoms with Crippen LogP contribution in [-0.2, 0) is 19.0 Å². The number of carbonyl (C=O) groups is 1. The Kier molecular flexibility index (Phi) is 6.88. The third kappa shape index (κ3) is 4.40. The normalized spacial score (nSPS) is 12.9. The number of Topliss-reactive ketones (excluding diaryl/α,β-unsaturated/α-hetero) is 1. The van der Waals surface area contributed by atoms with E-state index in [9.17, 15) is 4.79 Å². The fourth-order valence-corrected chi connectivity index (χ4v) is 3.11. The summed E-state index contributed by atoms with van der Waals surface area (Å²) in [5.41, 5.74) is 1.69. The molecule has 2 aromatic rings. The number of ketones is 1. The van der Waals surface area contributed by atoms with Gasteiger partial charge in [-0.15, -0.1) is 0 Å². The molecule has 0 N–H and O–H groups in total. The lowest BCUT2D eigenvalue weighted by Gasteiger charge is -2.19. The topological polar surface area (TPSA) is 33.3 Å². The van der Waals surface area contributed by atoms with Crippen molar-refractivity contribution >= 4 is 35.1 Å². The van der Waals surface area contributed by atoms with E-state index in [1.165, 1.54) is 5.56 Å². The molecule has 126 valence electrons. The molecule has 1 aromatic carbocycles. The number of rotatable bonds is 7. The molecule has 0 saturated heterocycles. The monoisotopic (exact) mass is 360 g/mol. The Bertz CT molecular complexity index is 728. The Morgan fingerprint density at radius 1 is 1.21 bits per heavy atom. The highest BCUT2D eigenvalue weighted by Crippen LogP contribution is 2.20. The smallest absolute Gasteiger partial charge is 0.237 e. The minimum Gasteiger partial charge on any atom is -0.758 e. The standard InChI is InChI=1S/C19H21ClN2OS/c1-3-7-14-10-12-22(13-11-14)17(19(24)21-4-2)18(23)15-8-5-6-9-16(15)20/h5-6,8-13,17H,3-4,7H2,1-2H3/t17-/m0/s1. The number of carbonyl (C=O) groups excluding carboxylic acids is 1. The zero-order valence-corrected chi connectivity index (χ0v) is 15.5. The van der Waals surface area contributed by atoms with Gasteiger partial charge < -0.3 is 17.6 Å². The zero-order chi connectivity index (χ0) is 17.5. The Balaban J connectivity index is 2.43. The largest absolute Gasteiger partial charge is 0.758 e. The van der Waals surface area contributed by atoms with Gasteiger partial charge in [-0.25, -0.2) is 0 Å². The number of aliphatic imine (C=N–C) groups is 1. The third-order valence-corrected chi connectivity index (χ3v) is 4.38. The van der Waals surface area contributed by atoms with Crippen LogP contribution in [-0.4, -0.2) is 17.4 Å². The first-order chi connectivity index (χ1) is 11.6. The highest BCUT2D eigenvalue weighted by molar-refractivity contribution is 7.77. The number of hydrogen-bond acceptors (Lipinski definition) is 3. The van der Waals surface area contributed by atoms with E-state index in [0.29, 0.717) is 22.2 Å². The molecule has 0 aliphatic carbocycles. The van der Waals surface area contributed by atoms with Crippen molar-refractivity contribution in [2.24, 2.45) is 4.99 Å². The first-order valence-electron chi connectivity index (χ1n) is 8.08. The van der Waals surface area contributed by atoms with Crippen LogP contribution in [0.4, 0.5) is 0 Å². The van der Waals surface area contributed by atoms with E-state index in [2.05, 4.69) is 11.9 Å². The molecule has 1 atom stereocenters. The average molecular weight is 361 g/mol. The van der Waals surface area contributed by atoms with Gasteiger partial charge in [-0.3, -0.25) is 4.79 Å². The summed E-state index contributed by atoms with van der Waals surface area (Å²) in [6.07, 6.45) is 5.87. The molecule has 0 fully saturated rings. The first-order valence-corrected chi connectivity index (χ1v) is 8.86. The van der Waals surface area contributed by atoms with Gasteiger partial charge in [0.1, 0.15) is 0 Å². The van der Waals surface area contributed by atoms with E-state index >= 15 is 0 Å². The molecule has 2 rings (SSSR count). The number of halogens is 1. The summed E-state index contributed by atoms with van der Waals surface area (Å²) in [5.74, 6) is -0.143. The van der Waals surface area contributed by atoms with Crippen LogP contribution >= 0.6 is 11.6 Å². The molecule has 0 bridgehead atoms. The van der Waals surface area contributed by atoms with Crippen LogP contribution < -0.4 is 4.57 Å². The van der Waals surface area contributed by atoms with Crippen LogP contribution in [0.3, 0.4) is 0 Å². The van der Waals surface area contributed by atoms with Gasteiger partial charge in [0.2, 0.25) is 11.8 Å². The van der Waals surface area contributed by atoms with E-state index in [1.807, 2.05) is 36.0 Å². The number of benzene rings is 1. The second-order valence-electron chi connectivity index (χ2n) is 5.46. The SMILES string of the molecule is CCCc1cc[n+]([C@@H](C(=O)c2ccccc2Cl)C([S-])=NCC)cc1. The highest BCUT2D eigenvalue weighted by atomic mass is 35.5. The van der Waals surface area contributed by atoms with Crippen LogP contribution in [0.25, 0.3) is 0 Å². The molecule has 0 unspecified atom stereocenters. The minimum atomic E-state index is -0.657. The summed E-state index contributed by atoms with van der Waals surface area (Å²) in [6, 6.07) is 10.4. The molecule has 0 amide bonds. The molecular weight excluding hydrogens is 340 g/mol. The van der Waals surface area contributed by atoms with Crippen LogP contribution in [0.5, 0.6) is 0 Å². The van der Waals surface area contributed by atoms with Gasteiger partial charge in [-0.05, 0) is 36.1 Å². The van der Waals surface area contributed by atoms with E-state index < -0.39 is 6.04 Å². The molecule has 1 aromatic heterocycles.